The number of nitrogens with one attached hydrogen (secondary N) is 1. The molecule has 0 aliphatic heterocycles. The number of benzene rings is 1. The van der Waals surface area contributed by atoms with E-state index in [1.165, 1.54) is 0 Å². The third-order valence-electron chi connectivity index (χ3n) is 2.71. The second kappa shape index (κ2) is 6.86. The van der Waals surface area contributed by atoms with Gasteiger partial charge >= 0.3 is 0 Å². The minimum atomic E-state index is -0.269. The van der Waals surface area contributed by atoms with Crippen LogP contribution in [0.4, 0.5) is 0 Å². The standard InChI is InChI=1S/C13H20N2O3/c1-3-18-12-7-9(4-5-11(12)16)6-10(8-14)13(17)15-2/h4-5,7,10,16H,3,6,8,14H2,1-2H3,(H,15,17). The molecule has 1 amide bonds. The molecular formula is C13H20N2O3. The number of ether oxygens (including phenoxy) is 1. The quantitative estimate of drug-likeness (QED) is 0.694. The molecule has 1 aromatic rings. The summed E-state index contributed by atoms with van der Waals surface area (Å²) in [7, 11) is 1.59. The van der Waals surface area contributed by atoms with Gasteiger partial charge in [-0.1, -0.05) is 6.07 Å². The molecule has 5 nitrogen and oxygen atoms in total. The van der Waals surface area contributed by atoms with Gasteiger partial charge in [0, 0.05) is 13.6 Å². The Hall–Kier alpha value is -1.75. The van der Waals surface area contributed by atoms with Crippen molar-refractivity contribution in [2.45, 2.75) is 13.3 Å². The number of amides is 1. The SMILES string of the molecule is CCOc1cc(CC(CN)C(=O)NC)ccc1O. The number of phenols is 1. The van der Waals surface area contributed by atoms with Gasteiger partial charge in [0.15, 0.2) is 11.5 Å². The monoisotopic (exact) mass is 252 g/mol. The molecule has 4 N–H and O–H groups in total. The van der Waals surface area contributed by atoms with Crippen LogP contribution in [0.25, 0.3) is 0 Å². The lowest BCUT2D eigenvalue weighted by Gasteiger charge is -2.14. The van der Waals surface area contributed by atoms with Gasteiger partial charge in [-0.05, 0) is 31.0 Å². The molecule has 0 radical (unpaired) electrons. The maximum atomic E-state index is 11.6. The van der Waals surface area contributed by atoms with Crippen molar-refractivity contribution in [3.63, 3.8) is 0 Å². The van der Waals surface area contributed by atoms with E-state index in [9.17, 15) is 9.90 Å². The van der Waals surface area contributed by atoms with Gasteiger partial charge in [-0.3, -0.25) is 4.79 Å². The molecule has 5 heteroatoms. The van der Waals surface area contributed by atoms with E-state index in [2.05, 4.69) is 5.32 Å². The predicted octanol–water partition coefficient (Wildman–Crippen LogP) is 0.654. The molecule has 1 atom stereocenters. The Kier molecular flexibility index (Phi) is 5.45. The molecule has 0 aliphatic rings. The molecule has 0 aliphatic carbocycles. The maximum Gasteiger partial charge on any atom is 0.224 e. The summed E-state index contributed by atoms with van der Waals surface area (Å²) in [6.07, 6.45) is 0.524. The number of carbonyl (C=O) groups excluding carboxylic acids is 1. The fourth-order valence-electron chi connectivity index (χ4n) is 1.73. The van der Waals surface area contributed by atoms with Crippen molar-refractivity contribution in [1.29, 1.82) is 0 Å². The van der Waals surface area contributed by atoms with Crippen molar-refractivity contribution < 1.29 is 14.6 Å². The molecule has 100 valence electrons. The Balaban J connectivity index is 2.83. The first kappa shape index (κ1) is 14.3. The van der Waals surface area contributed by atoms with Crippen LogP contribution in [0.15, 0.2) is 18.2 Å². The maximum absolute atomic E-state index is 11.6. The smallest absolute Gasteiger partial charge is 0.224 e. The van der Waals surface area contributed by atoms with E-state index in [-0.39, 0.29) is 24.1 Å². The molecule has 0 saturated carbocycles. The summed E-state index contributed by atoms with van der Waals surface area (Å²) in [6, 6.07) is 5.08. The molecule has 0 aromatic heterocycles. The topological polar surface area (TPSA) is 84.6 Å². The van der Waals surface area contributed by atoms with Crippen LogP contribution < -0.4 is 15.8 Å². The van der Waals surface area contributed by atoms with Crippen LogP contribution in [-0.4, -0.2) is 31.2 Å². The van der Waals surface area contributed by atoms with Gasteiger partial charge in [-0.2, -0.15) is 0 Å². The highest BCUT2D eigenvalue weighted by atomic mass is 16.5. The Labute approximate surface area is 107 Å². The molecule has 1 aromatic carbocycles. The first-order valence-corrected chi connectivity index (χ1v) is 5.98. The van der Waals surface area contributed by atoms with Gasteiger partial charge in [-0.25, -0.2) is 0 Å². The summed E-state index contributed by atoms with van der Waals surface area (Å²) in [5.74, 6) is 0.185. The number of phenolic OH excluding ortho intramolecular Hbond substituents is 1. The fraction of sp³-hybridized carbons (Fsp3) is 0.462. The number of rotatable bonds is 6. The highest BCUT2D eigenvalue weighted by Crippen LogP contribution is 2.27. The summed E-state index contributed by atoms with van der Waals surface area (Å²) in [4.78, 5) is 11.6. The Morgan fingerprint density at radius 3 is 2.83 bits per heavy atom. The average Bonchev–Trinajstić information content (AvgIpc) is 2.39. The molecule has 18 heavy (non-hydrogen) atoms. The lowest BCUT2D eigenvalue weighted by atomic mass is 9.98. The third-order valence-corrected chi connectivity index (χ3v) is 2.71. The van der Waals surface area contributed by atoms with Crippen molar-refractivity contribution in [2.24, 2.45) is 11.7 Å². The molecule has 1 unspecified atom stereocenters. The number of nitrogens with two attached hydrogens (primary N) is 1. The van der Waals surface area contributed by atoms with Crippen LogP contribution in [0.1, 0.15) is 12.5 Å². The van der Waals surface area contributed by atoms with E-state index in [4.69, 9.17) is 10.5 Å². The van der Waals surface area contributed by atoms with Crippen LogP contribution in [0, 0.1) is 5.92 Å². The molecule has 0 spiro atoms. The zero-order valence-corrected chi connectivity index (χ0v) is 10.8. The Morgan fingerprint density at radius 2 is 2.28 bits per heavy atom. The van der Waals surface area contributed by atoms with E-state index in [0.717, 1.165) is 5.56 Å². The van der Waals surface area contributed by atoms with Crippen LogP contribution >= 0.6 is 0 Å². The summed E-state index contributed by atoms with van der Waals surface area (Å²) >= 11 is 0. The van der Waals surface area contributed by atoms with Crippen molar-refractivity contribution in [2.75, 3.05) is 20.2 Å². The van der Waals surface area contributed by atoms with Gasteiger partial charge in [0.2, 0.25) is 5.91 Å². The minimum absolute atomic E-state index is 0.0801. The largest absolute Gasteiger partial charge is 0.504 e. The Morgan fingerprint density at radius 1 is 1.56 bits per heavy atom. The van der Waals surface area contributed by atoms with Crippen LogP contribution in [-0.2, 0) is 11.2 Å². The number of carbonyl (C=O) groups is 1. The van der Waals surface area contributed by atoms with Gasteiger partial charge in [0.1, 0.15) is 0 Å². The summed E-state index contributed by atoms with van der Waals surface area (Å²) in [5.41, 5.74) is 6.49. The highest BCUT2D eigenvalue weighted by Gasteiger charge is 2.16. The van der Waals surface area contributed by atoms with Crippen molar-refractivity contribution in [3.8, 4) is 11.5 Å². The van der Waals surface area contributed by atoms with Crippen molar-refractivity contribution >= 4 is 5.91 Å². The lowest BCUT2D eigenvalue weighted by molar-refractivity contribution is -0.124. The van der Waals surface area contributed by atoms with E-state index >= 15 is 0 Å². The predicted molar refractivity (Wildman–Crippen MR) is 69.6 cm³/mol. The molecule has 0 saturated heterocycles. The Bertz CT molecular complexity index is 407. The van der Waals surface area contributed by atoms with E-state index in [1.54, 1.807) is 25.2 Å². The number of aromatic hydroxyl groups is 1. The second-order valence-electron chi connectivity index (χ2n) is 3.99. The normalized spacial score (nSPS) is 11.9. The number of hydrogen-bond donors (Lipinski definition) is 3. The van der Waals surface area contributed by atoms with Crippen LogP contribution in [0.2, 0.25) is 0 Å². The number of hydrogen-bond acceptors (Lipinski definition) is 4. The van der Waals surface area contributed by atoms with Gasteiger partial charge < -0.3 is 20.9 Å². The molecular weight excluding hydrogens is 232 g/mol. The van der Waals surface area contributed by atoms with E-state index in [1.807, 2.05) is 6.92 Å². The van der Waals surface area contributed by atoms with E-state index in [0.29, 0.717) is 18.8 Å². The summed E-state index contributed by atoms with van der Waals surface area (Å²) < 4.78 is 5.30. The zero-order chi connectivity index (χ0) is 13.5. The molecule has 1 rings (SSSR count). The first-order valence-electron chi connectivity index (χ1n) is 5.98. The highest BCUT2D eigenvalue weighted by molar-refractivity contribution is 5.78. The van der Waals surface area contributed by atoms with Crippen LogP contribution in [0.5, 0.6) is 11.5 Å². The summed E-state index contributed by atoms with van der Waals surface area (Å²) in [6.45, 7) is 2.61. The zero-order valence-electron chi connectivity index (χ0n) is 10.8. The molecule has 0 fully saturated rings. The van der Waals surface area contributed by atoms with Crippen LogP contribution in [0.3, 0.4) is 0 Å². The third kappa shape index (κ3) is 3.63. The van der Waals surface area contributed by atoms with Gasteiger partial charge in [-0.15, -0.1) is 0 Å². The average molecular weight is 252 g/mol. The molecule has 0 bridgehead atoms. The lowest BCUT2D eigenvalue weighted by Crippen LogP contribution is -2.34. The minimum Gasteiger partial charge on any atom is -0.504 e. The van der Waals surface area contributed by atoms with Gasteiger partial charge in [0.05, 0.1) is 12.5 Å². The first-order chi connectivity index (χ1) is 8.62. The van der Waals surface area contributed by atoms with Gasteiger partial charge in [0.25, 0.3) is 0 Å². The summed E-state index contributed by atoms with van der Waals surface area (Å²) in [5, 5.41) is 12.2. The fourth-order valence-corrected chi connectivity index (χ4v) is 1.73. The second-order valence-corrected chi connectivity index (χ2v) is 3.99. The van der Waals surface area contributed by atoms with Crippen molar-refractivity contribution in [1.82, 2.24) is 5.32 Å². The molecule has 0 heterocycles. The van der Waals surface area contributed by atoms with E-state index < -0.39 is 0 Å². The van der Waals surface area contributed by atoms with Crippen molar-refractivity contribution in [3.05, 3.63) is 23.8 Å².